The Bertz CT molecular complexity index is 1890. The Hall–Kier alpha value is -3.86. The Kier molecular flexibility index (Phi) is 17.0. The standard InChI is InChI=1S/C54H74O5Si2/c1-10-11-28-40-54(8,59-61(53(5,6)7,45-33-22-16-23-34-45)46-35-24-17-25-36-46)41-39-47-48(37-26-12-13-27-38-51(56)57-9)50(42-49(47)55)58-60(52(2,3)4,43-29-18-14-19-30-43)44-31-20-15-21-32-44/h12,14-26,29-36,39,41,47-50,55H,10-11,13,27-28,37-38,40,42H2,1-9H3/b26-12-,41-39+/t47-,48-,49-,50+,54?/m1/s1. The van der Waals surface area contributed by atoms with Crippen molar-refractivity contribution in [3.63, 3.8) is 0 Å². The number of carbonyl (C=O) groups is 1. The van der Waals surface area contributed by atoms with Gasteiger partial charge in [-0.05, 0) is 75.8 Å². The molecule has 61 heavy (non-hydrogen) atoms. The molecule has 0 bridgehead atoms. The lowest BCUT2D eigenvalue weighted by Crippen LogP contribution is -2.69. The Morgan fingerprint density at radius 2 is 1.16 bits per heavy atom. The Labute approximate surface area is 370 Å². The number of aliphatic hydroxyl groups excluding tert-OH is 1. The topological polar surface area (TPSA) is 65.0 Å². The average Bonchev–Trinajstić information content (AvgIpc) is 3.55. The van der Waals surface area contributed by atoms with Crippen LogP contribution < -0.4 is 20.7 Å². The van der Waals surface area contributed by atoms with Crippen molar-refractivity contribution in [2.45, 2.75) is 141 Å². The van der Waals surface area contributed by atoms with Crippen LogP contribution in [0.1, 0.15) is 113 Å². The van der Waals surface area contributed by atoms with Gasteiger partial charge in [-0.25, -0.2) is 0 Å². The molecule has 1 fully saturated rings. The maximum Gasteiger partial charge on any atom is 0.305 e. The van der Waals surface area contributed by atoms with E-state index in [9.17, 15) is 9.90 Å². The summed E-state index contributed by atoms with van der Waals surface area (Å²) in [7, 11) is -4.41. The Morgan fingerprint density at radius 3 is 1.61 bits per heavy atom. The third-order valence-electron chi connectivity index (χ3n) is 12.9. The highest BCUT2D eigenvalue weighted by molar-refractivity contribution is 7.00. The highest BCUT2D eigenvalue weighted by Crippen LogP contribution is 2.46. The summed E-state index contributed by atoms with van der Waals surface area (Å²) in [4.78, 5) is 11.9. The normalized spacial score (nSPS) is 20.0. The third kappa shape index (κ3) is 11.4. The van der Waals surface area contributed by atoms with Crippen molar-refractivity contribution < 1.29 is 23.5 Å². The molecule has 0 amide bonds. The van der Waals surface area contributed by atoms with Gasteiger partial charge in [0, 0.05) is 12.3 Å². The van der Waals surface area contributed by atoms with Gasteiger partial charge in [0.1, 0.15) is 0 Å². The van der Waals surface area contributed by atoms with E-state index in [1.807, 2.05) is 0 Å². The van der Waals surface area contributed by atoms with Crippen molar-refractivity contribution >= 4 is 43.4 Å². The molecule has 1 unspecified atom stereocenters. The number of esters is 1. The number of aliphatic hydroxyl groups is 1. The molecule has 328 valence electrons. The molecule has 4 aromatic carbocycles. The number of unbranched alkanes of at least 4 members (excludes halogenated alkanes) is 3. The fourth-order valence-corrected chi connectivity index (χ4v) is 19.3. The first-order valence-corrected chi connectivity index (χ1v) is 26.6. The zero-order valence-electron chi connectivity index (χ0n) is 38.6. The predicted octanol–water partition coefficient (Wildman–Crippen LogP) is 10.7. The Morgan fingerprint density at radius 1 is 0.689 bits per heavy atom. The van der Waals surface area contributed by atoms with Crippen LogP contribution in [0, 0.1) is 11.8 Å². The first-order chi connectivity index (χ1) is 29.1. The van der Waals surface area contributed by atoms with Crippen LogP contribution in [0.25, 0.3) is 0 Å². The van der Waals surface area contributed by atoms with Crippen molar-refractivity contribution in [2.75, 3.05) is 7.11 Å². The summed E-state index contributed by atoms with van der Waals surface area (Å²) in [5, 5.41) is 16.9. The second kappa shape index (κ2) is 21.5. The van der Waals surface area contributed by atoms with Gasteiger partial charge in [0.25, 0.3) is 16.6 Å². The van der Waals surface area contributed by atoms with Crippen LogP contribution in [-0.4, -0.2) is 52.6 Å². The van der Waals surface area contributed by atoms with Crippen LogP contribution in [-0.2, 0) is 18.4 Å². The fourth-order valence-electron chi connectivity index (χ4n) is 9.78. The minimum Gasteiger partial charge on any atom is -0.469 e. The first kappa shape index (κ1) is 48.2. The molecule has 1 aliphatic rings. The lowest BCUT2D eigenvalue weighted by molar-refractivity contribution is -0.140. The molecule has 1 N–H and O–H groups in total. The van der Waals surface area contributed by atoms with Crippen LogP contribution >= 0.6 is 0 Å². The molecule has 1 aliphatic carbocycles. The highest BCUT2D eigenvalue weighted by Gasteiger charge is 2.55. The molecule has 5 nitrogen and oxygen atoms in total. The Balaban J connectivity index is 1.61. The van der Waals surface area contributed by atoms with Crippen molar-refractivity contribution in [1.82, 2.24) is 0 Å². The van der Waals surface area contributed by atoms with Gasteiger partial charge in [-0.2, -0.15) is 0 Å². The number of benzene rings is 4. The maximum atomic E-state index is 12.3. The molecular weight excluding hydrogens is 785 g/mol. The molecule has 5 atom stereocenters. The van der Waals surface area contributed by atoms with E-state index in [0.29, 0.717) is 12.8 Å². The summed E-state index contributed by atoms with van der Waals surface area (Å²) in [6.45, 7) is 18.5. The second-order valence-electron chi connectivity index (χ2n) is 19.4. The summed E-state index contributed by atoms with van der Waals surface area (Å²) in [5.74, 6) is -0.327. The van der Waals surface area contributed by atoms with E-state index < -0.39 is 28.3 Å². The molecule has 0 aliphatic heterocycles. The minimum absolute atomic E-state index is 0.0116. The monoisotopic (exact) mass is 859 g/mol. The van der Waals surface area contributed by atoms with Crippen LogP contribution in [0.4, 0.5) is 0 Å². The molecular formula is C54H74O5Si2. The number of ether oxygens (including phenoxy) is 1. The molecule has 0 spiro atoms. The van der Waals surface area contributed by atoms with Crippen molar-refractivity contribution in [3.05, 3.63) is 146 Å². The zero-order chi connectivity index (χ0) is 44.2. The van der Waals surface area contributed by atoms with E-state index in [4.69, 9.17) is 13.6 Å². The first-order valence-electron chi connectivity index (χ1n) is 22.8. The summed E-state index contributed by atoms with van der Waals surface area (Å²) in [6, 6.07) is 43.5. The number of rotatable bonds is 20. The fraction of sp³-hybridized carbons (Fsp3) is 0.463. The zero-order valence-corrected chi connectivity index (χ0v) is 40.6. The van der Waals surface area contributed by atoms with Gasteiger partial charge in [-0.15, -0.1) is 0 Å². The molecule has 1 saturated carbocycles. The molecule has 0 heterocycles. The molecule has 0 radical (unpaired) electrons. The summed E-state index contributed by atoms with van der Waals surface area (Å²) in [5.41, 5.74) is -0.606. The number of carbonyl (C=O) groups excluding carboxylic acids is 1. The summed E-state index contributed by atoms with van der Waals surface area (Å²) >= 11 is 0. The van der Waals surface area contributed by atoms with Crippen LogP contribution in [0.3, 0.4) is 0 Å². The number of hydrogen-bond donors (Lipinski definition) is 1. The van der Waals surface area contributed by atoms with Gasteiger partial charge in [0.15, 0.2) is 0 Å². The van der Waals surface area contributed by atoms with E-state index in [1.165, 1.54) is 27.9 Å². The van der Waals surface area contributed by atoms with Crippen LogP contribution in [0.5, 0.6) is 0 Å². The largest absolute Gasteiger partial charge is 0.469 e. The van der Waals surface area contributed by atoms with E-state index in [-0.39, 0.29) is 34.0 Å². The van der Waals surface area contributed by atoms with Crippen molar-refractivity contribution in [2.24, 2.45) is 11.8 Å². The molecule has 0 saturated heterocycles. The maximum absolute atomic E-state index is 12.3. The number of methoxy groups -OCH3 is 1. The van der Waals surface area contributed by atoms with Crippen LogP contribution in [0.2, 0.25) is 10.1 Å². The SMILES string of the molecule is CCCCCC(C)(/C=C/[C@@H]1[C@@H](C/C=C\CCCC(=O)OC)[C@@H](O[Si](c2ccccc2)(c2ccccc2)C(C)(C)C)C[C@H]1O)O[Si](c1ccccc1)(c1ccccc1)C(C)(C)C. The van der Waals surface area contributed by atoms with E-state index >= 15 is 0 Å². The van der Waals surface area contributed by atoms with Gasteiger partial charge in [0.05, 0.1) is 24.9 Å². The number of allylic oxidation sites excluding steroid dienone is 2. The average molecular weight is 859 g/mol. The molecule has 7 heteroatoms. The van der Waals surface area contributed by atoms with Crippen molar-refractivity contribution in [1.29, 1.82) is 0 Å². The lowest BCUT2D eigenvalue weighted by atomic mass is 9.88. The predicted molar refractivity (Wildman–Crippen MR) is 260 cm³/mol. The van der Waals surface area contributed by atoms with E-state index in [1.54, 1.807) is 0 Å². The number of hydrogen-bond acceptors (Lipinski definition) is 5. The second-order valence-corrected chi connectivity index (χ2v) is 27.9. The quantitative estimate of drug-likeness (QED) is 0.0415. The highest BCUT2D eigenvalue weighted by atomic mass is 28.4. The summed E-state index contributed by atoms with van der Waals surface area (Å²) < 4.78 is 20.7. The minimum atomic E-state index is -2.93. The van der Waals surface area contributed by atoms with Crippen molar-refractivity contribution in [3.8, 4) is 0 Å². The lowest BCUT2D eigenvalue weighted by Gasteiger charge is -2.48. The van der Waals surface area contributed by atoms with Crippen LogP contribution in [0.15, 0.2) is 146 Å². The van der Waals surface area contributed by atoms with Gasteiger partial charge < -0.3 is 18.7 Å². The van der Waals surface area contributed by atoms with Gasteiger partial charge in [-0.3, -0.25) is 4.79 Å². The smallest absolute Gasteiger partial charge is 0.305 e. The summed E-state index contributed by atoms with van der Waals surface area (Å²) in [6.07, 6.45) is 15.6. The van der Waals surface area contributed by atoms with E-state index in [2.05, 4.69) is 201 Å². The van der Waals surface area contributed by atoms with Gasteiger partial charge in [0.2, 0.25) is 0 Å². The molecule has 5 rings (SSSR count). The molecule has 4 aromatic rings. The van der Waals surface area contributed by atoms with Gasteiger partial charge >= 0.3 is 5.97 Å². The third-order valence-corrected chi connectivity index (χ3v) is 23.2. The van der Waals surface area contributed by atoms with E-state index in [0.717, 1.165) is 44.9 Å². The van der Waals surface area contributed by atoms with Gasteiger partial charge in [-0.1, -0.05) is 213 Å². The molecule has 0 aromatic heterocycles.